The van der Waals surface area contributed by atoms with E-state index in [2.05, 4.69) is 25.9 Å². The minimum Gasteiger partial charge on any atom is -0.439 e. The van der Waals surface area contributed by atoms with Crippen LogP contribution in [0, 0.1) is 5.82 Å². The highest BCUT2D eigenvalue weighted by Crippen LogP contribution is 2.27. The molecule has 1 heterocycles. The van der Waals surface area contributed by atoms with Gasteiger partial charge in [0.25, 0.3) is 0 Å². The fraction of sp³-hybridized carbons (Fsp3) is 0.231. The van der Waals surface area contributed by atoms with E-state index in [1.807, 2.05) is 13.8 Å². The summed E-state index contributed by atoms with van der Waals surface area (Å²) in [5.41, 5.74) is 0. The first-order valence-corrected chi connectivity index (χ1v) is 6.80. The number of rotatable bonds is 3. The molecule has 0 aliphatic rings. The van der Waals surface area contributed by atoms with Crippen molar-refractivity contribution >= 4 is 27.5 Å². The molecule has 0 saturated heterocycles. The SMILES string of the molecule is CC(C)c1nc(Br)cc(Oc2ccc(F)c(Cl)c2)n1. The fourth-order valence-corrected chi connectivity index (χ4v) is 1.93. The van der Waals surface area contributed by atoms with Gasteiger partial charge in [-0.05, 0) is 28.1 Å². The third kappa shape index (κ3) is 3.64. The van der Waals surface area contributed by atoms with Gasteiger partial charge in [-0.2, -0.15) is 4.98 Å². The fourth-order valence-electron chi connectivity index (χ4n) is 1.39. The Morgan fingerprint density at radius 3 is 2.63 bits per heavy atom. The Kier molecular flexibility index (Phi) is 4.37. The molecule has 0 aliphatic carbocycles. The molecule has 6 heteroatoms. The molecule has 0 atom stereocenters. The normalized spacial score (nSPS) is 10.8. The van der Waals surface area contributed by atoms with E-state index in [0.717, 1.165) is 0 Å². The number of halogens is 3. The number of hydrogen-bond donors (Lipinski definition) is 0. The summed E-state index contributed by atoms with van der Waals surface area (Å²) in [4.78, 5) is 8.53. The van der Waals surface area contributed by atoms with Gasteiger partial charge >= 0.3 is 0 Å². The van der Waals surface area contributed by atoms with Gasteiger partial charge in [-0.15, -0.1) is 0 Å². The summed E-state index contributed by atoms with van der Waals surface area (Å²) >= 11 is 9.00. The van der Waals surface area contributed by atoms with Crippen LogP contribution in [-0.4, -0.2) is 9.97 Å². The molecular weight excluding hydrogens is 335 g/mol. The van der Waals surface area contributed by atoms with Crippen LogP contribution < -0.4 is 4.74 Å². The van der Waals surface area contributed by atoms with Gasteiger partial charge in [0.05, 0.1) is 5.02 Å². The molecule has 0 radical (unpaired) electrons. The lowest BCUT2D eigenvalue weighted by Crippen LogP contribution is -2.00. The van der Waals surface area contributed by atoms with E-state index in [-0.39, 0.29) is 10.9 Å². The zero-order valence-electron chi connectivity index (χ0n) is 10.3. The van der Waals surface area contributed by atoms with Crippen molar-refractivity contribution in [2.45, 2.75) is 19.8 Å². The molecule has 0 bridgehead atoms. The molecule has 0 amide bonds. The summed E-state index contributed by atoms with van der Waals surface area (Å²) in [5.74, 6) is 1.16. The summed E-state index contributed by atoms with van der Waals surface area (Å²) in [6, 6.07) is 5.79. The largest absolute Gasteiger partial charge is 0.439 e. The highest BCUT2D eigenvalue weighted by Gasteiger charge is 2.09. The summed E-state index contributed by atoms with van der Waals surface area (Å²) < 4.78 is 19.2. The van der Waals surface area contributed by atoms with E-state index in [0.29, 0.717) is 22.1 Å². The van der Waals surface area contributed by atoms with Crippen LogP contribution in [0.15, 0.2) is 28.9 Å². The second-order valence-electron chi connectivity index (χ2n) is 4.22. The average Bonchev–Trinajstić information content (AvgIpc) is 2.33. The van der Waals surface area contributed by atoms with Crippen LogP contribution in [0.5, 0.6) is 11.6 Å². The van der Waals surface area contributed by atoms with Crippen LogP contribution in [0.3, 0.4) is 0 Å². The zero-order valence-corrected chi connectivity index (χ0v) is 12.7. The molecule has 100 valence electrons. The first-order valence-electron chi connectivity index (χ1n) is 5.63. The third-order valence-electron chi connectivity index (χ3n) is 2.32. The molecular formula is C13H11BrClFN2O. The topological polar surface area (TPSA) is 35.0 Å². The van der Waals surface area contributed by atoms with Gasteiger partial charge in [-0.25, -0.2) is 9.37 Å². The van der Waals surface area contributed by atoms with Crippen molar-refractivity contribution in [3.63, 3.8) is 0 Å². The van der Waals surface area contributed by atoms with Crippen LogP contribution in [0.25, 0.3) is 0 Å². The van der Waals surface area contributed by atoms with Gasteiger partial charge in [0.2, 0.25) is 5.88 Å². The molecule has 2 aromatic rings. The van der Waals surface area contributed by atoms with Crippen molar-refractivity contribution in [1.82, 2.24) is 9.97 Å². The minimum atomic E-state index is -0.485. The monoisotopic (exact) mass is 344 g/mol. The zero-order chi connectivity index (χ0) is 14.0. The Bertz CT molecular complexity index is 607. The molecule has 2 rings (SSSR count). The van der Waals surface area contributed by atoms with E-state index >= 15 is 0 Å². The molecule has 19 heavy (non-hydrogen) atoms. The number of ether oxygens (including phenoxy) is 1. The minimum absolute atomic E-state index is 0.00899. The molecule has 3 nitrogen and oxygen atoms in total. The Hall–Kier alpha value is -1.20. The Morgan fingerprint density at radius 2 is 2.00 bits per heavy atom. The van der Waals surface area contributed by atoms with Crippen molar-refractivity contribution < 1.29 is 9.13 Å². The van der Waals surface area contributed by atoms with Crippen molar-refractivity contribution in [2.75, 3.05) is 0 Å². The van der Waals surface area contributed by atoms with Crippen LogP contribution in [0.2, 0.25) is 5.02 Å². The van der Waals surface area contributed by atoms with E-state index in [9.17, 15) is 4.39 Å². The van der Waals surface area contributed by atoms with Crippen molar-refractivity contribution in [2.24, 2.45) is 0 Å². The third-order valence-corrected chi connectivity index (χ3v) is 3.01. The highest BCUT2D eigenvalue weighted by molar-refractivity contribution is 9.10. The smallest absolute Gasteiger partial charge is 0.223 e. The first-order chi connectivity index (χ1) is 8.95. The van der Waals surface area contributed by atoms with Gasteiger partial charge in [0.15, 0.2) is 0 Å². The standard InChI is InChI=1S/C13H11BrClFN2O/c1-7(2)13-17-11(14)6-12(18-13)19-8-3-4-10(16)9(15)5-8/h3-7H,1-2H3. The number of aromatic nitrogens is 2. The lowest BCUT2D eigenvalue weighted by molar-refractivity contribution is 0.454. The summed E-state index contributed by atoms with van der Waals surface area (Å²) in [7, 11) is 0. The predicted molar refractivity (Wildman–Crippen MR) is 75.3 cm³/mol. The maximum absolute atomic E-state index is 13.1. The van der Waals surface area contributed by atoms with Crippen LogP contribution in [-0.2, 0) is 0 Å². The molecule has 0 fully saturated rings. The molecule has 0 N–H and O–H groups in total. The van der Waals surface area contributed by atoms with Crippen LogP contribution >= 0.6 is 27.5 Å². The quantitative estimate of drug-likeness (QED) is 0.738. The second-order valence-corrected chi connectivity index (χ2v) is 5.44. The lowest BCUT2D eigenvalue weighted by atomic mass is 10.2. The molecule has 1 aromatic heterocycles. The van der Waals surface area contributed by atoms with Gasteiger partial charge in [0.1, 0.15) is 22.0 Å². The maximum atomic E-state index is 13.1. The van der Waals surface area contributed by atoms with Crippen LogP contribution in [0.1, 0.15) is 25.6 Å². The van der Waals surface area contributed by atoms with E-state index in [4.69, 9.17) is 16.3 Å². The molecule has 0 unspecified atom stereocenters. The van der Waals surface area contributed by atoms with Gasteiger partial charge < -0.3 is 4.74 Å². The second kappa shape index (κ2) is 5.84. The lowest BCUT2D eigenvalue weighted by Gasteiger charge is -2.09. The Balaban J connectivity index is 2.29. The summed E-state index contributed by atoms with van der Waals surface area (Å²) in [6.45, 7) is 3.97. The van der Waals surface area contributed by atoms with E-state index in [1.54, 1.807) is 6.07 Å². The Morgan fingerprint density at radius 1 is 1.26 bits per heavy atom. The Labute approximate surface area is 123 Å². The predicted octanol–water partition coefficient (Wildman–Crippen LogP) is 4.95. The molecule has 0 spiro atoms. The molecule has 0 saturated carbocycles. The summed E-state index contributed by atoms with van der Waals surface area (Å²) in [6.07, 6.45) is 0. The van der Waals surface area contributed by atoms with Crippen molar-refractivity contribution in [3.05, 3.63) is 45.5 Å². The molecule has 0 aliphatic heterocycles. The highest BCUT2D eigenvalue weighted by atomic mass is 79.9. The average molecular weight is 346 g/mol. The number of nitrogens with zero attached hydrogens (tertiary/aromatic N) is 2. The maximum Gasteiger partial charge on any atom is 0.223 e. The van der Waals surface area contributed by atoms with Crippen molar-refractivity contribution in [1.29, 1.82) is 0 Å². The first kappa shape index (κ1) is 14.2. The van der Waals surface area contributed by atoms with Crippen LogP contribution in [0.4, 0.5) is 4.39 Å². The van der Waals surface area contributed by atoms with Gasteiger partial charge in [-0.1, -0.05) is 25.4 Å². The van der Waals surface area contributed by atoms with E-state index < -0.39 is 5.82 Å². The summed E-state index contributed by atoms with van der Waals surface area (Å²) in [5, 5.41) is 0.00899. The van der Waals surface area contributed by atoms with Crippen molar-refractivity contribution in [3.8, 4) is 11.6 Å². The number of benzene rings is 1. The van der Waals surface area contributed by atoms with E-state index in [1.165, 1.54) is 18.2 Å². The molecule has 1 aromatic carbocycles. The number of hydrogen-bond acceptors (Lipinski definition) is 3. The van der Waals surface area contributed by atoms with Gasteiger partial charge in [-0.3, -0.25) is 0 Å². The van der Waals surface area contributed by atoms with Gasteiger partial charge in [0, 0.05) is 18.1 Å².